The Morgan fingerprint density at radius 2 is 2.29 bits per heavy atom. The van der Waals surface area contributed by atoms with Gasteiger partial charge in [-0.05, 0) is 30.4 Å². The SMILES string of the molecule is CC1(CNc2cc3[nH]ncc3cc2N)CCC1. The maximum Gasteiger partial charge on any atom is 0.0672 e. The lowest BCUT2D eigenvalue weighted by Crippen LogP contribution is -2.33. The second-order valence-corrected chi connectivity index (χ2v) is 5.41. The number of nitrogens with two attached hydrogens (primary N) is 1. The first kappa shape index (κ1) is 10.4. The maximum atomic E-state index is 6.03. The summed E-state index contributed by atoms with van der Waals surface area (Å²) in [5.41, 5.74) is 9.31. The van der Waals surface area contributed by atoms with Crippen LogP contribution in [0, 0.1) is 5.41 Å². The lowest BCUT2D eigenvalue weighted by molar-refractivity contribution is 0.180. The van der Waals surface area contributed by atoms with Crippen molar-refractivity contribution in [2.45, 2.75) is 26.2 Å². The minimum atomic E-state index is 0.454. The molecule has 0 radical (unpaired) electrons. The summed E-state index contributed by atoms with van der Waals surface area (Å²) in [6, 6.07) is 4.00. The zero-order valence-corrected chi connectivity index (χ0v) is 10.1. The van der Waals surface area contributed by atoms with Crippen LogP contribution in [-0.2, 0) is 0 Å². The highest BCUT2D eigenvalue weighted by molar-refractivity contribution is 5.88. The van der Waals surface area contributed by atoms with Gasteiger partial charge in [-0.15, -0.1) is 0 Å². The van der Waals surface area contributed by atoms with Gasteiger partial charge in [0, 0.05) is 11.9 Å². The summed E-state index contributed by atoms with van der Waals surface area (Å²) in [6.45, 7) is 3.32. The van der Waals surface area contributed by atoms with Crippen molar-refractivity contribution in [2.24, 2.45) is 5.41 Å². The van der Waals surface area contributed by atoms with Crippen LogP contribution in [0.4, 0.5) is 11.4 Å². The van der Waals surface area contributed by atoms with Crippen LogP contribution < -0.4 is 11.1 Å². The largest absolute Gasteiger partial charge is 0.397 e. The molecule has 2 aromatic rings. The Hall–Kier alpha value is -1.71. The summed E-state index contributed by atoms with van der Waals surface area (Å²) < 4.78 is 0. The molecule has 1 aromatic heterocycles. The van der Waals surface area contributed by atoms with Crippen molar-refractivity contribution in [1.29, 1.82) is 0 Å². The average Bonchev–Trinajstić information content (AvgIpc) is 2.70. The fraction of sp³-hybridized carbons (Fsp3) is 0.462. The Balaban J connectivity index is 1.81. The Bertz CT molecular complexity index is 539. The molecule has 1 heterocycles. The van der Waals surface area contributed by atoms with E-state index < -0.39 is 0 Å². The number of aromatic nitrogens is 2. The number of hydrogen-bond donors (Lipinski definition) is 3. The van der Waals surface area contributed by atoms with Crippen LogP contribution in [0.15, 0.2) is 18.3 Å². The lowest BCUT2D eigenvalue weighted by Gasteiger charge is -2.38. The molecule has 4 nitrogen and oxygen atoms in total. The van der Waals surface area contributed by atoms with Gasteiger partial charge in [-0.2, -0.15) is 5.10 Å². The van der Waals surface area contributed by atoms with E-state index in [0.29, 0.717) is 5.41 Å². The Morgan fingerprint density at radius 1 is 1.47 bits per heavy atom. The standard InChI is InChI=1S/C13H18N4/c1-13(3-2-4-13)8-15-12-6-11-9(5-10(12)14)7-16-17-11/h5-7,15H,2-4,8,14H2,1H3,(H,16,17). The highest BCUT2D eigenvalue weighted by Crippen LogP contribution is 2.40. The average molecular weight is 230 g/mol. The number of rotatable bonds is 3. The number of anilines is 2. The molecule has 1 saturated carbocycles. The van der Waals surface area contributed by atoms with Gasteiger partial charge in [0.15, 0.2) is 0 Å². The number of nitrogens with zero attached hydrogens (tertiary/aromatic N) is 1. The van der Waals surface area contributed by atoms with Crippen molar-refractivity contribution in [3.05, 3.63) is 18.3 Å². The second-order valence-electron chi connectivity index (χ2n) is 5.41. The molecule has 3 rings (SSSR count). The van der Waals surface area contributed by atoms with Gasteiger partial charge in [0.05, 0.1) is 23.1 Å². The van der Waals surface area contributed by atoms with Gasteiger partial charge < -0.3 is 11.1 Å². The van der Waals surface area contributed by atoms with E-state index in [2.05, 4.69) is 22.4 Å². The van der Waals surface area contributed by atoms with E-state index in [4.69, 9.17) is 5.73 Å². The molecule has 1 aliphatic rings. The summed E-state index contributed by atoms with van der Waals surface area (Å²) >= 11 is 0. The first-order valence-electron chi connectivity index (χ1n) is 6.13. The van der Waals surface area contributed by atoms with Gasteiger partial charge in [-0.25, -0.2) is 0 Å². The van der Waals surface area contributed by atoms with Crippen LogP contribution in [0.2, 0.25) is 0 Å². The van der Waals surface area contributed by atoms with Crippen molar-refractivity contribution >= 4 is 22.3 Å². The fourth-order valence-corrected chi connectivity index (χ4v) is 2.43. The smallest absolute Gasteiger partial charge is 0.0672 e. The highest BCUT2D eigenvalue weighted by atomic mass is 15.1. The minimum Gasteiger partial charge on any atom is -0.397 e. The first-order valence-corrected chi connectivity index (χ1v) is 6.13. The van der Waals surface area contributed by atoms with Crippen molar-refractivity contribution in [3.8, 4) is 0 Å². The van der Waals surface area contributed by atoms with E-state index in [9.17, 15) is 0 Å². The number of fused-ring (bicyclic) bond motifs is 1. The number of nitrogens with one attached hydrogen (secondary N) is 2. The zero-order chi connectivity index (χ0) is 11.9. The molecule has 0 aliphatic heterocycles. The van der Waals surface area contributed by atoms with E-state index in [0.717, 1.165) is 28.8 Å². The van der Waals surface area contributed by atoms with Gasteiger partial charge in [-0.1, -0.05) is 13.3 Å². The Kier molecular flexibility index (Phi) is 2.24. The molecule has 1 aliphatic carbocycles. The molecule has 0 amide bonds. The second kappa shape index (κ2) is 3.65. The summed E-state index contributed by atoms with van der Waals surface area (Å²) in [5, 5.41) is 11.5. The highest BCUT2D eigenvalue weighted by Gasteiger charge is 2.31. The van der Waals surface area contributed by atoms with Crippen LogP contribution in [-0.4, -0.2) is 16.7 Å². The number of hydrogen-bond acceptors (Lipinski definition) is 3. The van der Waals surface area contributed by atoms with E-state index in [1.54, 1.807) is 6.20 Å². The fourth-order valence-electron chi connectivity index (χ4n) is 2.43. The van der Waals surface area contributed by atoms with Crippen LogP contribution in [0.1, 0.15) is 26.2 Å². The number of aromatic amines is 1. The van der Waals surface area contributed by atoms with Crippen LogP contribution >= 0.6 is 0 Å². The summed E-state index contributed by atoms with van der Waals surface area (Å²) in [7, 11) is 0. The van der Waals surface area contributed by atoms with Crippen molar-refractivity contribution in [1.82, 2.24) is 10.2 Å². The predicted octanol–water partition coefficient (Wildman–Crippen LogP) is 2.75. The normalized spacial score (nSPS) is 17.9. The topological polar surface area (TPSA) is 66.7 Å². The van der Waals surface area contributed by atoms with Crippen LogP contribution in [0.5, 0.6) is 0 Å². The molecule has 4 N–H and O–H groups in total. The predicted molar refractivity (Wildman–Crippen MR) is 71.0 cm³/mol. The van der Waals surface area contributed by atoms with Gasteiger partial charge in [0.1, 0.15) is 0 Å². The molecule has 1 aromatic carbocycles. The maximum absolute atomic E-state index is 6.03. The zero-order valence-electron chi connectivity index (χ0n) is 10.1. The van der Waals surface area contributed by atoms with Crippen molar-refractivity contribution in [2.75, 3.05) is 17.6 Å². The van der Waals surface area contributed by atoms with Gasteiger partial charge in [0.2, 0.25) is 0 Å². The molecule has 0 saturated heterocycles. The van der Waals surface area contributed by atoms with E-state index >= 15 is 0 Å². The molecule has 17 heavy (non-hydrogen) atoms. The van der Waals surface area contributed by atoms with E-state index in [1.807, 2.05) is 12.1 Å². The Labute approximate surface area is 101 Å². The third-order valence-corrected chi connectivity index (χ3v) is 3.88. The van der Waals surface area contributed by atoms with E-state index in [-0.39, 0.29) is 0 Å². The lowest BCUT2D eigenvalue weighted by atomic mass is 9.70. The Morgan fingerprint density at radius 3 is 3.00 bits per heavy atom. The number of nitrogen functional groups attached to an aromatic ring is 1. The van der Waals surface area contributed by atoms with E-state index in [1.165, 1.54) is 19.3 Å². The van der Waals surface area contributed by atoms with Gasteiger partial charge >= 0.3 is 0 Å². The molecule has 4 heteroatoms. The van der Waals surface area contributed by atoms with Crippen LogP contribution in [0.3, 0.4) is 0 Å². The molecule has 1 fully saturated rings. The molecule has 0 spiro atoms. The molecule has 0 unspecified atom stereocenters. The minimum absolute atomic E-state index is 0.454. The summed E-state index contributed by atoms with van der Waals surface area (Å²) in [4.78, 5) is 0. The molecular formula is C13H18N4. The first-order chi connectivity index (χ1) is 8.16. The van der Waals surface area contributed by atoms with Crippen molar-refractivity contribution in [3.63, 3.8) is 0 Å². The monoisotopic (exact) mass is 230 g/mol. The molecule has 0 atom stereocenters. The molecular weight excluding hydrogens is 212 g/mol. The molecule has 0 bridgehead atoms. The number of H-pyrrole nitrogens is 1. The quantitative estimate of drug-likeness (QED) is 0.710. The van der Waals surface area contributed by atoms with Crippen LogP contribution in [0.25, 0.3) is 10.9 Å². The van der Waals surface area contributed by atoms with Gasteiger partial charge in [-0.3, -0.25) is 5.10 Å². The summed E-state index contributed by atoms with van der Waals surface area (Å²) in [6.07, 6.45) is 5.77. The third kappa shape index (κ3) is 1.84. The van der Waals surface area contributed by atoms with Crippen molar-refractivity contribution < 1.29 is 0 Å². The summed E-state index contributed by atoms with van der Waals surface area (Å²) in [5.74, 6) is 0. The molecule has 90 valence electrons. The van der Waals surface area contributed by atoms with Gasteiger partial charge in [0.25, 0.3) is 0 Å². The third-order valence-electron chi connectivity index (χ3n) is 3.88. The number of benzene rings is 1.